The summed E-state index contributed by atoms with van der Waals surface area (Å²) >= 11 is 1.88. The molecule has 0 aromatic heterocycles. The first kappa shape index (κ1) is 15.5. The largest absolute Gasteiger partial charge is 0.490 e. The van der Waals surface area contributed by atoms with E-state index in [0.717, 1.165) is 44.2 Å². The van der Waals surface area contributed by atoms with E-state index < -0.39 is 0 Å². The molecule has 0 spiro atoms. The van der Waals surface area contributed by atoms with Gasteiger partial charge in [0.05, 0.1) is 13.2 Å². The molecule has 3 nitrogen and oxygen atoms in total. The van der Waals surface area contributed by atoms with E-state index in [9.17, 15) is 0 Å². The molecule has 0 bridgehead atoms. The molecule has 0 radical (unpaired) electrons. The molecule has 1 unspecified atom stereocenters. The highest BCUT2D eigenvalue weighted by atomic mass is 32.2. The number of ether oxygens (including phenoxy) is 2. The van der Waals surface area contributed by atoms with Gasteiger partial charge in [0.25, 0.3) is 0 Å². The summed E-state index contributed by atoms with van der Waals surface area (Å²) in [4.78, 5) is 1.25. The molecule has 4 heteroatoms. The van der Waals surface area contributed by atoms with Crippen LogP contribution < -0.4 is 14.8 Å². The molecule has 20 heavy (non-hydrogen) atoms. The summed E-state index contributed by atoms with van der Waals surface area (Å²) in [6.45, 7) is 8.12. The van der Waals surface area contributed by atoms with Gasteiger partial charge in [-0.05, 0) is 31.2 Å². The fourth-order valence-corrected chi connectivity index (χ4v) is 3.09. The van der Waals surface area contributed by atoms with Crippen LogP contribution in [-0.2, 0) is 0 Å². The molecule has 1 atom stereocenters. The number of thioether (sulfide) groups is 1. The SMILES string of the molecule is CCCCNCC(C)Sc1ccc2c(c1)OCCCO2. The Hall–Kier alpha value is -0.870. The number of hydrogen-bond acceptors (Lipinski definition) is 4. The Morgan fingerprint density at radius 2 is 2.05 bits per heavy atom. The van der Waals surface area contributed by atoms with Crippen molar-refractivity contribution in [3.8, 4) is 11.5 Å². The lowest BCUT2D eigenvalue weighted by Gasteiger charge is -2.14. The standard InChI is InChI=1S/C16H25NO2S/c1-3-4-8-17-12-13(2)20-14-6-7-15-16(11-14)19-10-5-9-18-15/h6-7,11,13,17H,3-5,8-10,12H2,1-2H3. The third-order valence-corrected chi connectivity index (χ3v) is 4.29. The Bertz CT molecular complexity index is 411. The first-order valence-electron chi connectivity index (χ1n) is 7.56. The van der Waals surface area contributed by atoms with Crippen molar-refractivity contribution in [2.45, 2.75) is 43.3 Å². The molecule has 1 N–H and O–H groups in total. The van der Waals surface area contributed by atoms with Gasteiger partial charge in [-0.2, -0.15) is 0 Å². The first-order chi connectivity index (χ1) is 9.79. The Morgan fingerprint density at radius 3 is 2.85 bits per heavy atom. The van der Waals surface area contributed by atoms with Gasteiger partial charge >= 0.3 is 0 Å². The molecule has 2 rings (SSSR count). The van der Waals surface area contributed by atoms with Gasteiger partial charge in [-0.15, -0.1) is 11.8 Å². The minimum Gasteiger partial charge on any atom is -0.490 e. The summed E-state index contributed by atoms with van der Waals surface area (Å²) in [5, 5.41) is 4.05. The van der Waals surface area contributed by atoms with Crippen LogP contribution in [-0.4, -0.2) is 31.6 Å². The van der Waals surface area contributed by atoms with Crippen LogP contribution in [0.1, 0.15) is 33.1 Å². The Morgan fingerprint density at radius 1 is 1.25 bits per heavy atom. The van der Waals surface area contributed by atoms with Crippen molar-refractivity contribution in [2.75, 3.05) is 26.3 Å². The topological polar surface area (TPSA) is 30.5 Å². The molecule has 0 aliphatic carbocycles. The van der Waals surface area contributed by atoms with Crippen LogP contribution in [0.2, 0.25) is 0 Å². The predicted molar refractivity (Wildman–Crippen MR) is 85.1 cm³/mol. The van der Waals surface area contributed by atoms with Crippen molar-refractivity contribution >= 4 is 11.8 Å². The highest BCUT2D eigenvalue weighted by molar-refractivity contribution is 8.00. The fourth-order valence-electron chi connectivity index (χ4n) is 2.10. The third kappa shape index (κ3) is 4.91. The Labute approximate surface area is 126 Å². The average molecular weight is 295 g/mol. The first-order valence-corrected chi connectivity index (χ1v) is 8.44. The van der Waals surface area contributed by atoms with Gasteiger partial charge in [-0.3, -0.25) is 0 Å². The van der Waals surface area contributed by atoms with E-state index >= 15 is 0 Å². The third-order valence-electron chi connectivity index (χ3n) is 3.20. The number of hydrogen-bond donors (Lipinski definition) is 1. The van der Waals surface area contributed by atoms with Crippen molar-refractivity contribution in [3.05, 3.63) is 18.2 Å². The van der Waals surface area contributed by atoms with Crippen LogP contribution >= 0.6 is 11.8 Å². The number of benzene rings is 1. The highest BCUT2D eigenvalue weighted by Crippen LogP contribution is 2.35. The van der Waals surface area contributed by atoms with Crippen molar-refractivity contribution in [1.82, 2.24) is 5.32 Å². The van der Waals surface area contributed by atoms with E-state index in [1.54, 1.807) is 0 Å². The maximum Gasteiger partial charge on any atom is 0.162 e. The van der Waals surface area contributed by atoms with Crippen molar-refractivity contribution in [1.29, 1.82) is 0 Å². The summed E-state index contributed by atoms with van der Waals surface area (Å²) in [5.41, 5.74) is 0. The second kappa shape index (κ2) is 8.42. The van der Waals surface area contributed by atoms with Gasteiger partial charge in [0.1, 0.15) is 0 Å². The van der Waals surface area contributed by atoms with Gasteiger partial charge in [0.15, 0.2) is 11.5 Å². The maximum absolute atomic E-state index is 5.73. The van der Waals surface area contributed by atoms with Crippen molar-refractivity contribution in [3.63, 3.8) is 0 Å². The van der Waals surface area contributed by atoms with Gasteiger partial charge in [-0.1, -0.05) is 20.3 Å². The minimum atomic E-state index is 0.552. The molecule has 1 aromatic carbocycles. The van der Waals surface area contributed by atoms with Crippen LogP contribution in [0.25, 0.3) is 0 Å². The highest BCUT2D eigenvalue weighted by Gasteiger charge is 2.12. The van der Waals surface area contributed by atoms with Gasteiger partial charge in [-0.25, -0.2) is 0 Å². The van der Waals surface area contributed by atoms with Crippen molar-refractivity contribution < 1.29 is 9.47 Å². The lowest BCUT2D eigenvalue weighted by Crippen LogP contribution is -2.23. The number of fused-ring (bicyclic) bond motifs is 1. The summed E-state index contributed by atoms with van der Waals surface area (Å²) in [6, 6.07) is 6.26. The molecule has 112 valence electrons. The van der Waals surface area contributed by atoms with E-state index in [4.69, 9.17) is 9.47 Å². The zero-order valence-electron chi connectivity index (χ0n) is 12.5. The number of nitrogens with one attached hydrogen (secondary N) is 1. The van der Waals surface area contributed by atoms with Crippen LogP contribution in [0.5, 0.6) is 11.5 Å². The van der Waals surface area contributed by atoms with Crippen LogP contribution in [0.3, 0.4) is 0 Å². The zero-order chi connectivity index (χ0) is 14.2. The summed E-state index contributed by atoms with van der Waals surface area (Å²) < 4.78 is 11.4. The lowest BCUT2D eigenvalue weighted by molar-refractivity contribution is 0.297. The van der Waals surface area contributed by atoms with Crippen LogP contribution in [0.15, 0.2) is 23.1 Å². The summed E-state index contributed by atoms with van der Waals surface area (Å²) in [6.07, 6.45) is 3.45. The van der Waals surface area contributed by atoms with Crippen LogP contribution in [0, 0.1) is 0 Å². The number of rotatable bonds is 7. The normalized spacial score (nSPS) is 15.7. The average Bonchev–Trinajstić information content (AvgIpc) is 2.68. The van der Waals surface area contributed by atoms with Gasteiger partial charge in [0, 0.05) is 23.1 Å². The molecular formula is C16H25NO2S. The van der Waals surface area contributed by atoms with Crippen LogP contribution in [0.4, 0.5) is 0 Å². The molecule has 1 aliphatic rings. The van der Waals surface area contributed by atoms with E-state index in [0.29, 0.717) is 5.25 Å². The summed E-state index contributed by atoms with van der Waals surface area (Å²) in [7, 11) is 0. The molecule has 1 aliphatic heterocycles. The molecule has 1 aromatic rings. The quantitative estimate of drug-likeness (QED) is 0.613. The molecule has 1 heterocycles. The Balaban J connectivity index is 1.84. The second-order valence-corrected chi connectivity index (χ2v) is 6.66. The van der Waals surface area contributed by atoms with E-state index in [2.05, 4.69) is 31.3 Å². The molecule has 0 saturated heterocycles. The lowest BCUT2D eigenvalue weighted by atomic mass is 10.3. The second-order valence-electron chi connectivity index (χ2n) is 5.15. The number of unbranched alkanes of at least 4 members (excludes halogenated alkanes) is 1. The van der Waals surface area contributed by atoms with Gasteiger partial charge in [0.2, 0.25) is 0 Å². The smallest absolute Gasteiger partial charge is 0.162 e. The van der Waals surface area contributed by atoms with E-state index in [-0.39, 0.29) is 0 Å². The van der Waals surface area contributed by atoms with Gasteiger partial charge < -0.3 is 14.8 Å². The van der Waals surface area contributed by atoms with E-state index in [1.807, 2.05) is 17.8 Å². The monoisotopic (exact) mass is 295 g/mol. The summed E-state index contributed by atoms with van der Waals surface area (Å²) in [5.74, 6) is 1.76. The predicted octanol–water partition coefficient (Wildman–Crippen LogP) is 3.72. The fraction of sp³-hybridized carbons (Fsp3) is 0.625. The zero-order valence-corrected chi connectivity index (χ0v) is 13.3. The minimum absolute atomic E-state index is 0.552. The molecule has 0 amide bonds. The Kier molecular flexibility index (Phi) is 6.54. The molecule has 0 saturated carbocycles. The van der Waals surface area contributed by atoms with Crippen molar-refractivity contribution in [2.24, 2.45) is 0 Å². The molecular weight excluding hydrogens is 270 g/mol. The van der Waals surface area contributed by atoms with E-state index in [1.165, 1.54) is 17.7 Å². The molecule has 0 fully saturated rings. The maximum atomic E-state index is 5.73.